The van der Waals surface area contributed by atoms with Gasteiger partial charge in [0.05, 0.1) is 18.3 Å². The highest BCUT2D eigenvalue weighted by Gasteiger charge is 2.56. The zero-order valence-corrected chi connectivity index (χ0v) is 24.2. The molecule has 11 heteroatoms. The van der Waals surface area contributed by atoms with Crippen LogP contribution in [0.1, 0.15) is 54.6 Å². The first-order valence-electron chi connectivity index (χ1n) is 14.0. The van der Waals surface area contributed by atoms with Gasteiger partial charge in [-0.3, -0.25) is 19.4 Å². The van der Waals surface area contributed by atoms with Gasteiger partial charge in [0.25, 0.3) is 5.91 Å². The van der Waals surface area contributed by atoms with E-state index in [0.717, 1.165) is 29.7 Å². The van der Waals surface area contributed by atoms with E-state index in [2.05, 4.69) is 10.3 Å². The number of rotatable bonds is 7. The predicted octanol–water partition coefficient (Wildman–Crippen LogP) is 3.63. The third-order valence-corrected chi connectivity index (χ3v) is 11.2. The number of fused-ring (bicyclic) bond motifs is 1. The normalized spacial score (nSPS) is 22.4. The van der Waals surface area contributed by atoms with Crippen LogP contribution in [0.25, 0.3) is 10.4 Å². The molecule has 2 saturated heterocycles. The van der Waals surface area contributed by atoms with E-state index in [1.807, 2.05) is 29.6 Å². The Labute approximate surface area is 243 Å². The predicted molar refractivity (Wildman–Crippen MR) is 156 cm³/mol. The molecule has 3 aromatic rings. The third-order valence-electron chi connectivity index (χ3n) is 8.47. The third kappa shape index (κ3) is 5.33. The maximum Gasteiger partial charge on any atom is 0.252 e. The first-order chi connectivity index (χ1) is 19.8. The molecule has 0 spiro atoms. The number of ketones is 1. The average Bonchev–Trinajstić information content (AvgIpc) is 3.73. The molecule has 0 radical (unpaired) electrons. The van der Waals surface area contributed by atoms with E-state index in [1.54, 1.807) is 41.7 Å². The number of amides is 2. The number of carbonyl (C=O) groups is 3. The number of nitrogens with zero attached hydrogens (tertiary/aromatic N) is 3. The lowest BCUT2D eigenvalue weighted by atomic mass is 9.80. The fraction of sp³-hybridized carbons (Fsp3) is 0.400. The molecule has 3 fully saturated rings. The molecular weight excluding hydrogens is 560 g/mol. The number of hydrogen-bond acceptors (Lipinski definition) is 7. The number of hydrogen-bond donors (Lipinski definition) is 1. The van der Waals surface area contributed by atoms with Crippen LogP contribution in [0.3, 0.4) is 0 Å². The molecule has 4 heterocycles. The van der Waals surface area contributed by atoms with Crippen LogP contribution >= 0.6 is 11.3 Å². The van der Waals surface area contributed by atoms with E-state index in [4.69, 9.17) is 0 Å². The Morgan fingerprint density at radius 3 is 2.49 bits per heavy atom. The van der Waals surface area contributed by atoms with Gasteiger partial charge in [0, 0.05) is 23.2 Å². The number of aromatic nitrogens is 1. The van der Waals surface area contributed by atoms with Gasteiger partial charge < -0.3 is 10.2 Å². The molecule has 3 aliphatic rings. The van der Waals surface area contributed by atoms with Gasteiger partial charge >= 0.3 is 0 Å². The molecule has 214 valence electrons. The van der Waals surface area contributed by atoms with Crippen LogP contribution in [0.5, 0.6) is 0 Å². The number of thiophene rings is 1. The largest absolute Gasteiger partial charge is 0.338 e. The number of sulfonamides is 1. The van der Waals surface area contributed by atoms with Gasteiger partial charge in [0.2, 0.25) is 15.9 Å². The standard InChI is InChI=1S/C30H32N4O5S2/c35-25-19-34(41(38,39)20-23-7-2-5-16-31-23)24-13-17-33(27(24)25)29(37)30(14-3-1-4-15-30)32-28(36)22-11-9-21(10-12-22)26-8-6-18-40-26/h2,5-12,16,18,24,27H,1,3-4,13-15,17,19-20H2,(H,32,36). The van der Waals surface area contributed by atoms with Crippen LogP contribution in [0.2, 0.25) is 0 Å². The van der Waals surface area contributed by atoms with Gasteiger partial charge in [0.1, 0.15) is 17.3 Å². The van der Waals surface area contributed by atoms with Crippen molar-refractivity contribution in [1.29, 1.82) is 0 Å². The summed E-state index contributed by atoms with van der Waals surface area (Å²) >= 11 is 1.62. The second-order valence-electron chi connectivity index (χ2n) is 11.0. The van der Waals surface area contributed by atoms with E-state index in [-0.39, 0.29) is 36.4 Å². The molecule has 6 rings (SSSR count). The van der Waals surface area contributed by atoms with Crippen LogP contribution in [0.4, 0.5) is 0 Å². The van der Waals surface area contributed by atoms with Gasteiger partial charge in [-0.2, -0.15) is 4.31 Å². The van der Waals surface area contributed by atoms with E-state index in [0.29, 0.717) is 30.5 Å². The van der Waals surface area contributed by atoms with Crippen LogP contribution in [0, 0.1) is 0 Å². The van der Waals surface area contributed by atoms with Gasteiger partial charge in [-0.1, -0.05) is 43.5 Å². The molecule has 41 heavy (non-hydrogen) atoms. The molecule has 9 nitrogen and oxygen atoms in total. The number of pyridine rings is 1. The maximum absolute atomic E-state index is 14.2. The average molecular weight is 593 g/mol. The molecule has 1 saturated carbocycles. The fourth-order valence-electron chi connectivity index (χ4n) is 6.46. The molecule has 1 aliphatic carbocycles. The lowest BCUT2D eigenvalue weighted by Gasteiger charge is -2.40. The highest BCUT2D eigenvalue weighted by Crippen LogP contribution is 2.37. The Hall–Kier alpha value is -3.41. The fourth-order valence-corrected chi connectivity index (χ4v) is 8.86. The van der Waals surface area contributed by atoms with Gasteiger partial charge in [-0.15, -0.1) is 11.3 Å². The van der Waals surface area contributed by atoms with E-state index >= 15 is 0 Å². The summed E-state index contributed by atoms with van der Waals surface area (Å²) in [4.78, 5) is 47.7. The van der Waals surface area contributed by atoms with Crippen LogP contribution in [0.15, 0.2) is 66.2 Å². The molecule has 2 aromatic heterocycles. The number of nitrogens with one attached hydrogen (secondary N) is 1. The molecule has 1 aromatic carbocycles. The maximum atomic E-state index is 14.2. The first-order valence-corrected chi connectivity index (χ1v) is 16.5. The van der Waals surface area contributed by atoms with Crippen LogP contribution in [-0.4, -0.2) is 70.9 Å². The smallest absolute Gasteiger partial charge is 0.252 e. The molecule has 2 atom stereocenters. The molecule has 0 bridgehead atoms. The van der Waals surface area contributed by atoms with Crippen molar-refractivity contribution in [2.75, 3.05) is 13.1 Å². The van der Waals surface area contributed by atoms with Crippen molar-refractivity contribution in [2.45, 2.75) is 61.9 Å². The minimum atomic E-state index is -3.82. The van der Waals surface area contributed by atoms with Crippen molar-refractivity contribution >= 4 is 39.0 Å². The Kier molecular flexibility index (Phi) is 7.52. The minimum Gasteiger partial charge on any atom is -0.338 e. The van der Waals surface area contributed by atoms with E-state index in [1.165, 1.54) is 15.4 Å². The zero-order valence-electron chi connectivity index (χ0n) is 22.6. The lowest BCUT2D eigenvalue weighted by Crippen LogP contribution is -2.62. The minimum absolute atomic E-state index is 0.260. The molecular formula is C30H32N4O5S2. The Morgan fingerprint density at radius 2 is 1.80 bits per heavy atom. The van der Waals surface area contributed by atoms with Crippen molar-refractivity contribution in [3.63, 3.8) is 0 Å². The zero-order chi connectivity index (χ0) is 28.6. The summed E-state index contributed by atoms with van der Waals surface area (Å²) in [5, 5.41) is 5.07. The summed E-state index contributed by atoms with van der Waals surface area (Å²) < 4.78 is 27.9. The first kappa shape index (κ1) is 27.7. The lowest BCUT2D eigenvalue weighted by molar-refractivity contribution is -0.143. The second kappa shape index (κ2) is 11.1. The number of Topliss-reactive ketones (excluding diaryl/α,β-unsaturated/α-hetero) is 1. The summed E-state index contributed by atoms with van der Waals surface area (Å²) in [5.41, 5.74) is 0.759. The Bertz CT molecular complexity index is 1540. The second-order valence-corrected chi connectivity index (χ2v) is 13.9. The van der Waals surface area contributed by atoms with E-state index < -0.39 is 27.6 Å². The van der Waals surface area contributed by atoms with Gasteiger partial charge in [-0.05, 0) is 60.5 Å². The Balaban J connectivity index is 1.21. The molecule has 1 N–H and O–H groups in total. The number of benzene rings is 1. The van der Waals surface area contributed by atoms with Crippen molar-refractivity contribution < 1.29 is 22.8 Å². The highest BCUT2D eigenvalue weighted by molar-refractivity contribution is 7.88. The monoisotopic (exact) mass is 592 g/mol. The number of likely N-dealkylation sites (tertiary alicyclic amines) is 1. The van der Waals surface area contributed by atoms with Gasteiger partial charge in [0.15, 0.2) is 5.78 Å². The summed E-state index contributed by atoms with van der Waals surface area (Å²) in [6.07, 6.45) is 5.40. The number of carbonyl (C=O) groups excluding carboxylic acids is 3. The summed E-state index contributed by atoms with van der Waals surface area (Å²) in [5.74, 6) is -1.20. The highest BCUT2D eigenvalue weighted by atomic mass is 32.2. The van der Waals surface area contributed by atoms with Crippen molar-refractivity contribution in [3.8, 4) is 10.4 Å². The van der Waals surface area contributed by atoms with Crippen molar-refractivity contribution in [3.05, 3.63) is 77.4 Å². The Morgan fingerprint density at radius 1 is 1.02 bits per heavy atom. The summed E-state index contributed by atoms with van der Waals surface area (Å²) in [6, 6.07) is 15.0. The van der Waals surface area contributed by atoms with Crippen LogP contribution in [-0.2, 0) is 25.4 Å². The molecule has 2 aliphatic heterocycles. The van der Waals surface area contributed by atoms with Crippen molar-refractivity contribution in [1.82, 2.24) is 19.5 Å². The van der Waals surface area contributed by atoms with Crippen molar-refractivity contribution in [2.24, 2.45) is 0 Å². The van der Waals surface area contributed by atoms with Crippen LogP contribution < -0.4 is 5.32 Å². The van der Waals surface area contributed by atoms with E-state index in [9.17, 15) is 22.8 Å². The molecule has 2 amide bonds. The van der Waals surface area contributed by atoms with Gasteiger partial charge in [-0.25, -0.2) is 8.42 Å². The summed E-state index contributed by atoms with van der Waals surface area (Å²) in [7, 11) is -3.82. The topological polar surface area (TPSA) is 117 Å². The molecule has 2 unspecified atom stereocenters. The SMILES string of the molecule is O=C(NC1(C(=O)N2CCC3C2C(=O)CN3S(=O)(=O)Cc2ccccn2)CCCCC1)c1ccc(-c2cccs2)cc1. The summed E-state index contributed by atoms with van der Waals surface area (Å²) in [6.45, 7) is 0.00682. The quantitative estimate of drug-likeness (QED) is 0.448.